The topological polar surface area (TPSA) is 70.1 Å². The molecule has 0 aliphatic carbocycles. The maximum atomic E-state index is 13.2. The summed E-state index contributed by atoms with van der Waals surface area (Å²) in [4.78, 5) is 27.9. The van der Waals surface area contributed by atoms with E-state index >= 15 is 0 Å². The lowest BCUT2D eigenvalue weighted by Crippen LogP contribution is -2.46. The molecule has 1 atom stereocenters. The molecule has 1 amide bonds. The van der Waals surface area contributed by atoms with E-state index in [1.165, 1.54) is 36.1 Å². The van der Waals surface area contributed by atoms with Gasteiger partial charge in [-0.05, 0) is 24.6 Å². The minimum absolute atomic E-state index is 0.0554. The van der Waals surface area contributed by atoms with Crippen LogP contribution < -0.4 is 0 Å². The van der Waals surface area contributed by atoms with Crippen molar-refractivity contribution < 1.29 is 23.8 Å². The van der Waals surface area contributed by atoms with Crippen molar-refractivity contribution in [2.75, 3.05) is 33.0 Å². The molecule has 2 heterocycles. The fourth-order valence-electron chi connectivity index (χ4n) is 3.11. The summed E-state index contributed by atoms with van der Waals surface area (Å²) in [6.07, 6.45) is 0. The summed E-state index contributed by atoms with van der Waals surface area (Å²) in [7, 11) is 0. The van der Waals surface area contributed by atoms with Gasteiger partial charge in [-0.15, -0.1) is 0 Å². The Hall–Kier alpha value is -2.25. The highest BCUT2D eigenvalue weighted by Crippen LogP contribution is 2.37. The molecular weight excluding hydrogens is 315 g/mol. The molecule has 128 valence electrons. The summed E-state index contributed by atoms with van der Waals surface area (Å²) in [5.41, 5.74) is 0.645. The van der Waals surface area contributed by atoms with E-state index in [0.29, 0.717) is 31.9 Å². The maximum Gasteiger partial charge on any atom is 0.291 e. The lowest BCUT2D eigenvalue weighted by Gasteiger charge is -2.34. The average molecular weight is 334 g/mol. The zero-order valence-electron chi connectivity index (χ0n) is 13.4. The van der Waals surface area contributed by atoms with Crippen molar-refractivity contribution in [3.8, 4) is 0 Å². The van der Waals surface area contributed by atoms with Gasteiger partial charge in [-0.25, -0.2) is 4.39 Å². The molecule has 0 spiro atoms. The molecule has 7 heteroatoms. The van der Waals surface area contributed by atoms with Gasteiger partial charge in [0.2, 0.25) is 0 Å². The van der Waals surface area contributed by atoms with Crippen LogP contribution in [0.4, 0.5) is 4.39 Å². The Morgan fingerprint density at radius 2 is 1.92 bits per heavy atom. The number of nitrogens with zero attached hydrogens (tertiary/aromatic N) is 2. The largest absolute Gasteiger partial charge is 0.503 e. The first-order valence-corrected chi connectivity index (χ1v) is 7.79. The Labute approximate surface area is 139 Å². The number of morpholine rings is 1. The Bertz CT molecular complexity index is 680. The number of amides is 1. The van der Waals surface area contributed by atoms with Crippen LogP contribution in [0.5, 0.6) is 0 Å². The first kappa shape index (κ1) is 16.6. The molecule has 1 saturated heterocycles. The fraction of sp³-hybridized carbons (Fsp3) is 0.412. The van der Waals surface area contributed by atoms with Crippen LogP contribution in [0.3, 0.4) is 0 Å². The number of carbonyl (C=O) groups is 2. The highest BCUT2D eigenvalue weighted by molar-refractivity contribution is 6.08. The van der Waals surface area contributed by atoms with Crippen LogP contribution in [-0.4, -0.2) is 59.6 Å². The van der Waals surface area contributed by atoms with Gasteiger partial charge in [-0.1, -0.05) is 12.1 Å². The molecular formula is C17H19FN2O4. The van der Waals surface area contributed by atoms with Crippen molar-refractivity contribution in [1.29, 1.82) is 0 Å². The second-order valence-electron chi connectivity index (χ2n) is 5.92. The number of ketones is 1. The molecule has 0 bridgehead atoms. The number of benzene rings is 1. The molecule has 3 rings (SSSR count). The number of rotatable bonds is 4. The number of aliphatic hydroxyl groups is 1. The van der Waals surface area contributed by atoms with Gasteiger partial charge in [0.1, 0.15) is 5.82 Å². The summed E-state index contributed by atoms with van der Waals surface area (Å²) < 4.78 is 18.5. The first-order valence-electron chi connectivity index (χ1n) is 7.79. The molecule has 0 saturated carbocycles. The van der Waals surface area contributed by atoms with Crippen LogP contribution in [-0.2, 0) is 14.3 Å². The zero-order chi connectivity index (χ0) is 17.3. The lowest BCUT2D eigenvalue weighted by atomic mass is 9.97. The number of Topliss-reactive ketones (excluding diaryl/α,β-unsaturated/α-hetero) is 1. The van der Waals surface area contributed by atoms with Crippen LogP contribution in [0, 0.1) is 5.82 Å². The van der Waals surface area contributed by atoms with E-state index in [1.807, 2.05) is 4.90 Å². The smallest absolute Gasteiger partial charge is 0.291 e. The number of hydrogen-bond donors (Lipinski definition) is 1. The predicted molar refractivity (Wildman–Crippen MR) is 83.6 cm³/mol. The summed E-state index contributed by atoms with van der Waals surface area (Å²) in [5, 5.41) is 10.2. The average Bonchev–Trinajstić information content (AvgIpc) is 2.82. The Balaban J connectivity index is 1.94. The van der Waals surface area contributed by atoms with Crippen molar-refractivity contribution in [1.82, 2.24) is 9.80 Å². The second kappa shape index (κ2) is 6.70. The van der Waals surface area contributed by atoms with Crippen molar-refractivity contribution in [3.63, 3.8) is 0 Å². The van der Waals surface area contributed by atoms with Gasteiger partial charge < -0.3 is 14.7 Å². The van der Waals surface area contributed by atoms with E-state index in [2.05, 4.69) is 0 Å². The molecule has 1 aromatic rings. The van der Waals surface area contributed by atoms with E-state index in [9.17, 15) is 19.1 Å². The normalized spacial score (nSPS) is 22.3. The molecule has 0 radical (unpaired) electrons. The van der Waals surface area contributed by atoms with Crippen molar-refractivity contribution in [3.05, 3.63) is 47.0 Å². The summed E-state index contributed by atoms with van der Waals surface area (Å²) in [6, 6.07) is 4.90. The third kappa shape index (κ3) is 3.05. The number of aliphatic hydroxyl groups excluding tert-OH is 1. The van der Waals surface area contributed by atoms with Crippen LogP contribution in [0.15, 0.2) is 35.6 Å². The first-order chi connectivity index (χ1) is 11.5. The van der Waals surface area contributed by atoms with Crippen molar-refractivity contribution in [2.24, 2.45) is 0 Å². The highest BCUT2D eigenvalue weighted by atomic mass is 19.1. The molecule has 1 aromatic carbocycles. The quantitative estimate of drug-likeness (QED) is 0.901. The van der Waals surface area contributed by atoms with Gasteiger partial charge in [0, 0.05) is 13.1 Å². The third-order valence-corrected chi connectivity index (χ3v) is 4.32. The number of carbonyl (C=O) groups excluding carboxylic acids is 2. The van der Waals surface area contributed by atoms with Gasteiger partial charge >= 0.3 is 0 Å². The Morgan fingerprint density at radius 1 is 1.29 bits per heavy atom. The van der Waals surface area contributed by atoms with Gasteiger partial charge in [-0.2, -0.15) is 0 Å². The molecule has 24 heavy (non-hydrogen) atoms. The van der Waals surface area contributed by atoms with E-state index in [0.717, 1.165) is 0 Å². The Morgan fingerprint density at radius 3 is 2.50 bits per heavy atom. The predicted octanol–water partition coefficient (Wildman–Crippen LogP) is 1.40. The summed E-state index contributed by atoms with van der Waals surface area (Å²) >= 11 is 0. The van der Waals surface area contributed by atoms with E-state index in [1.54, 1.807) is 0 Å². The standard InChI is InChI=1S/C17H19FN2O4/c1-11(21)14-15(12-2-4-13(18)5-3-12)20(17(23)16(14)22)10-19-6-8-24-9-7-19/h2-5,15,22H,6-10H2,1H3/t15-/m1/s1. The monoisotopic (exact) mass is 334 g/mol. The molecule has 2 aliphatic rings. The number of halogens is 1. The van der Waals surface area contributed by atoms with Crippen molar-refractivity contribution >= 4 is 11.7 Å². The second-order valence-corrected chi connectivity index (χ2v) is 5.92. The number of ether oxygens (including phenoxy) is 1. The van der Waals surface area contributed by atoms with E-state index in [4.69, 9.17) is 4.74 Å². The molecule has 6 nitrogen and oxygen atoms in total. The molecule has 0 aromatic heterocycles. The van der Waals surface area contributed by atoms with E-state index in [-0.39, 0.29) is 18.0 Å². The van der Waals surface area contributed by atoms with Crippen LogP contribution in [0.2, 0.25) is 0 Å². The number of hydrogen-bond acceptors (Lipinski definition) is 5. The minimum Gasteiger partial charge on any atom is -0.503 e. The van der Waals surface area contributed by atoms with Crippen LogP contribution >= 0.6 is 0 Å². The summed E-state index contributed by atoms with van der Waals surface area (Å²) in [5.74, 6) is -1.88. The summed E-state index contributed by atoms with van der Waals surface area (Å²) in [6.45, 7) is 4.05. The Kier molecular flexibility index (Phi) is 4.64. The zero-order valence-corrected chi connectivity index (χ0v) is 13.4. The van der Waals surface area contributed by atoms with Gasteiger partial charge in [0.25, 0.3) is 5.91 Å². The maximum absolute atomic E-state index is 13.2. The minimum atomic E-state index is -0.710. The van der Waals surface area contributed by atoms with Gasteiger partial charge in [0.05, 0.1) is 31.5 Å². The lowest BCUT2D eigenvalue weighted by molar-refractivity contribution is -0.132. The van der Waals surface area contributed by atoms with E-state index < -0.39 is 23.5 Å². The third-order valence-electron chi connectivity index (χ3n) is 4.32. The van der Waals surface area contributed by atoms with Crippen molar-refractivity contribution in [2.45, 2.75) is 13.0 Å². The molecule has 1 N–H and O–H groups in total. The van der Waals surface area contributed by atoms with Gasteiger partial charge in [0.15, 0.2) is 11.5 Å². The molecule has 1 fully saturated rings. The van der Waals surface area contributed by atoms with Crippen LogP contribution in [0.25, 0.3) is 0 Å². The fourth-order valence-corrected chi connectivity index (χ4v) is 3.11. The molecule has 2 aliphatic heterocycles. The van der Waals surface area contributed by atoms with Crippen LogP contribution in [0.1, 0.15) is 18.5 Å². The highest BCUT2D eigenvalue weighted by Gasteiger charge is 2.42. The molecule has 0 unspecified atom stereocenters. The SMILES string of the molecule is CC(=O)C1=C(O)C(=O)N(CN2CCOCC2)[C@@H]1c1ccc(F)cc1. The van der Waals surface area contributed by atoms with Gasteiger partial charge in [-0.3, -0.25) is 14.5 Å².